The molecule has 0 aliphatic carbocycles. The second-order valence-electron chi connectivity index (χ2n) is 13.4. The zero-order chi connectivity index (χ0) is 36.0. The summed E-state index contributed by atoms with van der Waals surface area (Å²) in [5.41, 5.74) is 0. The molecule has 0 aliphatic rings. The number of esters is 3. The minimum absolute atomic E-state index is 0.0963. The van der Waals surface area contributed by atoms with E-state index in [4.69, 9.17) is 14.2 Å². The third-order valence-electron chi connectivity index (χ3n) is 9.23. The molecule has 0 aromatic rings. The first-order valence-electron chi connectivity index (χ1n) is 19.6. The molecule has 0 spiro atoms. The minimum atomic E-state index is -2.84. The first kappa shape index (κ1) is 48.3. The number of rotatable bonds is 33. The van der Waals surface area contributed by atoms with E-state index in [1.54, 1.807) is 26.8 Å². The first-order valence-corrected chi connectivity index (χ1v) is 34.7. The maximum absolute atomic E-state index is 13.9. The molecule has 0 aliphatic heterocycles. The Morgan fingerprint density at radius 2 is 0.917 bits per heavy atom. The van der Waals surface area contributed by atoms with Crippen LogP contribution in [0, 0.1) is 23.7 Å². The average Bonchev–Trinajstić information content (AvgIpc) is 3.09. The van der Waals surface area contributed by atoms with Crippen LogP contribution in [0.1, 0.15) is 165 Å². The van der Waals surface area contributed by atoms with E-state index in [-0.39, 0.29) is 40.6 Å². The van der Waals surface area contributed by atoms with Crippen molar-refractivity contribution in [3.8, 4) is 0 Å². The molecule has 6 nitrogen and oxygen atoms in total. The van der Waals surface area contributed by atoms with Gasteiger partial charge in [-0.25, -0.2) is 0 Å². The molecule has 0 aromatic heterocycles. The molecule has 0 amide bonds. The van der Waals surface area contributed by atoms with Crippen LogP contribution in [0.25, 0.3) is 0 Å². The van der Waals surface area contributed by atoms with Gasteiger partial charge in [0.15, 0.2) is 0 Å². The fourth-order valence-electron chi connectivity index (χ4n) is 5.64. The van der Waals surface area contributed by atoms with E-state index >= 15 is 0 Å². The van der Waals surface area contributed by atoms with Crippen molar-refractivity contribution in [3.05, 3.63) is 0 Å². The van der Waals surface area contributed by atoms with Crippen LogP contribution < -0.4 is 0 Å². The van der Waals surface area contributed by atoms with Crippen LogP contribution in [0.15, 0.2) is 0 Å². The molecule has 1 unspecified atom stereocenters. The van der Waals surface area contributed by atoms with Gasteiger partial charge in [-0.15, -0.1) is 0 Å². The Morgan fingerprint density at radius 3 is 1.29 bits per heavy atom. The van der Waals surface area contributed by atoms with Crippen molar-refractivity contribution in [2.45, 2.75) is 170 Å². The van der Waals surface area contributed by atoms with Crippen LogP contribution in [0.2, 0.25) is 0 Å². The van der Waals surface area contributed by atoms with Gasteiger partial charge in [0.25, 0.3) is 0 Å². The standard InChI is InChI=1S/C18H36O2S.2C10H20O2S.Sn.H/c1-5-9-12-15(8-4)14-20-18(19)17(21)16(11-7-3)13-10-6-2;2*1-3-5-6-9(4-2)7-12-10(11)8-13;;/h15-17,21H,5-14H2,1-4H3;2*9,13H,3-8H2,1-2H3;;/q;;;+3;/p-3/t15-,16-,17-;2*9-;;/m010../s1. The second kappa shape index (κ2) is 33.1. The Labute approximate surface area is 311 Å². The molecule has 0 saturated carbocycles. The fourth-order valence-corrected chi connectivity index (χ4v) is 34.6. The Morgan fingerprint density at radius 1 is 0.521 bits per heavy atom. The number of hydrogen-bond donors (Lipinski definition) is 0. The molecule has 0 saturated heterocycles. The molecule has 0 heterocycles. The molecule has 0 aromatic carbocycles. The van der Waals surface area contributed by atoms with Crippen molar-refractivity contribution in [2.24, 2.45) is 23.7 Å². The molecule has 0 fully saturated rings. The summed E-state index contributed by atoms with van der Waals surface area (Å²) in [4.78, 5) is 39.8. The summed E-state index contributed by atoms with van der Waals surface area (Å²) in [5, 5.41) is -0.259. The first-order chi connectivity index (χ1) is 23.2. The average molecular weight is 842 g/mol. The predicted octanol–water partition coefficient (Wildman–Crippen LogP) is 11.2. The van der Waals surface area contributed by atoms with Crippen molar-refractivity contribution in [1.29, 1.82) is 0 Å². The van der Waals surface area contributed by atoms with E-state index < -0.39 is 15.6 Å². The van der Waals surface area contributed by atoms with Crippen LogP contribution in [0.5, 0.6) is 0 Å². The van der Waals surface area contributed by atoms with Gasteiger partial charge in [-0.05, 0) is 0 Å². The zero-order valence-corrected chi connectivity index (χ0v) is 37.9. The van der Waals surface area contributed by atoms with Gasteiger partial charge in [-0.1, -0.05) is 0 Å². The maximum atomic E-state index is 13.9. The molecule has 284 valence electrons. The van der Waals surface area contributed by atoms with Gasteiger partial charge in [-0.2, -0.15) is 0 Å². The van der Waals surface area contributed by atoms with Gasteiger partial charge < -0.3 is 0 Å². The summed E-state index contributed by atoms with van der Waals surface area (Å²) < 4.78 is 17.6. The van der Waals surface area contributed by atoms with E-state index in [9.17, 15) is 14.4 Å². The Hall–Kier alpha value is 0.259. The number of unbranched alkanes of at least 4 members (excludes halogenated alkanes) is 4. The monoisotopic (exact) mass is 842 g/mol. The molecule has 0 rings (SSSR count). The quantitative estimate of drug-likeness (QED) is 0.0365. The number of hydrogen-bond acceptors (Lipinski definition) is 9. The van der Waals surface area contributed by atoms with Crippen molar-refractivity contribution in [3.63, 3.8) is 0 Å². The third-order valence-corrected chi connectivity index (χ3v) is 39.0. The second-order valence-corrected chi connectivity index (χ2v) is 40.6. The molecule has 10 heteroatoms. The number of carbonyl (C=O) groups excluding carboxylic acids is 3. The summed E-state index contributed by atoms with van der Waals surface area (Å²) in [5.74, 6) is 1.52. The van der Waals surface area contributed by atoms with E-state index in [0.717, 1.165) is 109 Å². The fraction of sp³-hybridized carbons (Fsp3) is 0.921. The van der Waals surface area contributed by atoms with Crippen molar-refractivity contribution < 1.29 is 28.6 Å². The Balaban J connectivity index is 5.84. The van der Waals surface area contributed by atoms with E-state index in [1.165, 1.54) is 0 Å². The molecule has 48 heavy (non-hydrogen) atoms. The number of ether oxygens (including phenoxy) is 3. The summed E-state index contributed by atoms with van der Waals surface area (Å²) in [6, 6.07) is 0. The van der Waals surface area contributed by atoms with Crippen molar-refractivity contribution in [1.82, 2.24) is 0 Å². The third kappa shape index (κ3) is 24.4. The predicted molar refractivity (Wildman–Crippen MR) is 214 cm³/mol. The zero-order valence-electron chi connectivity index (χ0n) is 32.2. The van der Waals surface area contributed by atoms with E-state index in [2.05, 4.69) is 55.4 Å². The topological polar surface area (TPSA) is 78.9 Å². The van der Waals surface area contributed by atoms with Crippen LogP contribution >= 0.6 is 26.8 Å². The molecular weight excluding hydrogens is 767 g/mol. The van der Waals surface area contributed by atoms with Gasteiger partial charge in [0.2, 0.25) is 0 Å². The Kier molecular flexibility index (Phi) is 33.3. The van der Waals surface area contributed by atoms with Gasteiger partial charge in [0.1, 0.15) is 0 Å². The molecule has 0 radical (unpaired) electrons. The number of carbonyl (C=O) groups is 3. The summed E-state index contributed by atoms with van der Waals surface area (Å²) in [7, 11) is 5.14. The molecule has 0 N–H and O–H groups in total. The van der Waals surface area contributed by atoms with E-state index in [1.807, 2.05) is 0 Å². The SMILES string of the molecule is CCCC[C@@H](CC)COC(=O)C[S][SnH]([S]CC(=O)OC[C@@H](CC)CCCC)[S][C@H](C(=O)OC[C@@H](CC)CCCC)[C@@H](CCC)CCCC. The molecule has 6 atom stereocenters. The summed E-state index contributed by atoms with van der Waals surface area (Å²) >= 11 is -2.84. The van der Waals surface area contributed by atoms with Crippen LogP contribution in [0.4, 0.5) is 0 Å². The van der Waals surface area contributed by atoms with Crippen LogP contribution in [-0.4, -0.2) is 70.1 Å². The summed E-state index contributed by atoms with van der Waals surface area (Å²) in [6.45, 7) is 18.9. The normalized spacial score (nSPS) is 15.2. The van der Waals surface area contributed by atoms with E-state index in [0.29, 0.717) is 37.6 Å². The van der Waals surface area contributed by atoms with Gasteiger partial charge in [0, 0.05) is 0 Å². The molecule has 0 bridgehead atoms. The molecular formula is C38H74O6S3Sn. The van der Waals surface area contributed by atoms with Crippen LogP contribution in [0.3, 0.4) is 0 Å². The van der Waals surface area contributed by atoms with Gasteiger partial charge >= 0.3 is 314 Å². The summed E-state index contributed by atoms with van der Waals surface area (Å²) in [6.07, 6.45) is 18.3. The van der Waals surface area contributed by atoms with Gasteiger partial charge in [0.05, 0.1) is 0 Å². The Bertz CT molecular complexity index is 768. The van der Waals surface area contributed by atoms with Crippen LogP contribution in [-0.2, 0) is 28.6 Å². The van der Waals surface area contributed by atoms with Gasteiger partial charge in [-0.3, -0.25) is 0 Å². The van der Waals surface area contributed by atoms with Crippen molar-refractivity contribution in [2.75, 3.05) is 31.3 Å². The van der Waals surface area contributed by atoms with Crippen molar-refractivity contribution >= 4 is 60.4 Å².